The quantitative estimate of drug-likeness (QED) is 0.773. The number of hydrogen-bond acceptors (Lipinski definition) is 5. The van der Waals surface area contributed by atoms with Gasteiger partial charge in [-0.3, -0.25) is 15.1 Å². The van der Waals surface area contributed by atoms with Gasteiger partial charge in [0.1, 0.15) is 0 Å². The van der Waals surface area contributed by atoms with Crippen LogP contribution in [0.3, 0.4) is 0 Å². The highest BCUT2D eigenvalue weighted by Gasteiger charge is 2.33. The van der Waals surface area contributed by atoms with Gasteiger partial charge in [-0.15, -0.1) is 0 Å². The van der Waals surface area contributed by atoms with Crippen LogP contribution in [0.4, 0.5) is 5.69 Å². The second kappa shape index (κ2) is 7.21. The number of amidine groups is 1. The summed E-state index contributed by atoms with van der Waals surface area (Å²) >= 11 is 6.96. The van der Waals surface area contributed by atoms with Crippen molar-refractivity contribution in [2.45, 2.75) is 6.92 Å². The summed E-state index contributed by atoms with van der Waals surface area (Å²) in [5, 5.41) is 18.6. The topological polar surface area (TPSA) is 73.6 Å². The van der Waals surface area contributed by atoms with Crippen molar-refractivity contribution in [2.75, 3.05) is 11.5 Å². The zero-order valence-electron chi connectivity index (χ0n) is 13.3. The molecule has 2 aromatic rings. The molecule has 0 aliphatic carbocycles. The monoisotopic (exact) mass is 374 g/mol. The third-order valence-corrected chi connectivity index (χ3v) is 4.63. The van der Waals surface area contributed by atoms with E-state index in [9.17, 15) is 9.90 Å². The number of aromatic hydroxyl groups is 1. The number of hydrogen-bond donors (Lipinski definition) is 2. The predicted octanol–water partition coefficient (Wildman–Crippen LogP) is 4.50. The fraction of sp³-hybridized carbons (Fsp3) is 0.111. The van der Waals surface area contributed by atoms with Gasteiger partial charge in [-0.05, 0) is 66.7 Å². The normalized spacial score (nSPS) is 15.9. The molecule has 1 amide bonds. The summed E-state index contributed by atoms with van der Waals surface area (Å²) in [5.74, 6) is 0.130. The molecule has 2 aromatic carbocycles. The largest absolute Gasteiger partial charge is 0.504 e. The Hall–Kier alpha value is -2.44. The van der Waals surface area contributed by atoms with Gasteiger partial charge in [0, 0.05) is 5.02 Å². The van der Waals surface area contributed by atoms with Gasteiger partial charge in [0.2, 0.25) is 0 Å². The number of halogens is 1. The summed E-state index contributed by atoms with van der Waals surface area (Å²) in [7, 11) is 0. The molecule has 1 aliphatic rings. The van der Waals surface area contributed by atoms with E-state index in [4.69, 9.17) is 21.7 Å². The van der Waals surface area contributed by atoms with E-state index in [0.717, 1.165) is 11.8 Å². The van der Waals surface area contributed by atoms with Crippen molar-refractivity contribution in [1.29, 1.82) is 5.41 Å². The van der Waals surface area contributed by atoms with E-state index in [0.29, 0.717) is 33.5 Å². The molecule has 0 aromatic heterocycles. The number of rotatable bonds is 4. The first-order valence-electron chi connectivity index (χ1n) is 7.53. The summed E-state index contributed by atoms with van der Waals surface area (Å²) in [6.07, 6.45) is 1.68. The minimum absolute atomic E-state index is 0.0462. The number of nitrogens with zero attached hydrogens (tertiary/aromatic N) is 1. The van der Waals surface area contributed by atoms with E-state index in [-0.39, 0.29) is 16.8 Å². The molecule has 1 aliphatic heterocycles. The molecule has 0 unspecified atom stereocenters. The minimum Gasteiger partial charge on any atom is -0.504 e. The Balaban J connectivity index is 1.90. The van der Waals surface area contributed by atoms with E-state index >= 15 is 0 Å². The van der Waals surface area contributed by atoms with E-state index in [1.807, 2.05) is 6.92 Å². The van der Waals surface area contributed by atoms with Crippen LogP contribution in [0.5, 0.6) is 11.5 Å². The van der Waals surface area contributed by atoms with Gasteiger partial charge >= 0.3 is 0 Å². The molecule has 7 heteroatoms. The highest BCUT2D eigenvalue weighted by atomic mass is 35.5. The number of carbonyl (C=O) groups excluding carboxylic acids is 1. The number of phenolic OH excluding ortho intramolecular Hbond substituents is 1. The minimum atomic E-state index is -0.275. The van der Waals surface area contributed by atoms with Crippen molar-refractivity contribution in [3.8, 4) is 11.5 Å². The second-order valence-electron chi connectivity index (χ2n) is 5.19. The summed E-state index contributed by atoms with van der Waals surface area (Å²) < 4.78 is 5.36. The smallest absolute Gasteiger partial charge is 0.271 e. The van der Waals surface area contributed by atoms with Crippen LogP contribution < -0.4 is 9.64 Å². The third-order valence-electron chi connectivity index (χ3n) is 3.49. The van der Waals surface area contributed by atoms with Crippen LogP contribution in [0, 0.1) is 5.41 Å². The van der Waals surface area contributed by atoms with Crippen molar-refractivity contribution in [1.82, 2.24) is 0 Å². The van der Waals surface area contributed by atoms with Crippen LogP contribution in [0.2, 0.25) is 5.02 Å². The maximum Gasteiger partial charge on any atom is 0.271 e. The molecule has 2 N–H and O–H groups in total. The average Bonchev–Trinajstić information content (AvgIpc) is 2.86. The van der Waals surface area contributed by atoms with Crippen LogP contribution in [0.15, 0.2) is 47.4 Å². The first kappa shape index (κ1) is 17.4. The Morgan fingerprint density at radius 2 is 2.00 bits per heavy atom. The Bertz CT molecular complexity index is 865. The number of thioether (sulfide) groups is 1. The van der Waals surface area contributed by atoms with Crippen LogP contribution in [0.1, 0.15) is 12.5 Å². The van der Waals surface area contributed by atoms with E-state index in [2.05, 4.69) is 0 Å². The van der Waals surface area contributed by atoms with Crippen LogP contribution in [-0.4, -0.2) is 22.8 Å². The van der Waals surface area contributed by atoms with Gasteiger partial charge in [-0.2, -0.15) is 0 Å². The first-order valence-corrected chi connectivity index (χ1v) is 8.73. The van der Waals surface area contributed by atoms with Gasteiger partial charge < -0.3 is 9.84 Å². The molecule has 25 heavy (non-hydrogen) atoms. The average molecular weight is 375 g/mol. The Morgan fingerprint density at radius 1 is 1.28 bits per heavy atom. The van der Waals surface area contributed by atoms with Crippen LogP contribution in [-0.2, 0) is 4.79 Å². The van der Waals surface area contributed by atoms with Gasteiger partial charge in [-0.1, -0.05) is 17.7 Å². The maximum atomic E-state index is 12.7. The van der Waals surface area contributed by atoms with Crippen molar-refractivity contribution in [2.24, 2.45) is 0 Å². The molecule has 0 atom stereocenters. The molecule has 5 nitrogen and oxygen atoms in total. The fourth-order valence-electron chi connectivity index (χ4n) is 2.35. The van der Waals surface area contributed by atoms with Gasteiger partial charge in [-0.25, -0.2) is 0 Å². The van der Waals surface area contributed by atoms with Crippen LogP contribution in [0.25, 0.3) is 6.08 Å². The lowest BCUT2D eigenvalue weighted by Crippen LogP contribution is -2.27. The molecule has 128 valence electrons. The number of amides is 1. The van der Waals surface area contributed by atoms with E-state index in [1.165, 1.54) is 11.0 Å². The first-order chi connectivity index (χ1) is 12.0. The van der Waals surface area contributed by atoms with Gasteiger partial charge in [0.15, 0.2) is 16.7 Å². The molecule has 0 radical (unpaired) electrons. The molecule has 0 saturated carbocycles. The summed E-state index contributed by atoms with van der Waals surface area (Å²) in [5.41, 5.74) is 1.30. The standard InChI is InChI=1S/C18H15ClN2O3S/c1-2-24-15-9-11(3-8-14(15)22)10-16-17(23)21(18(20)25-16)13-6-4-12(19)5-7-13/h3-10,20,22H,2H2,1H3/b16-10-,20-18?. The lowest BCUT2D eigenvalue weighted by atomic mass is 10.2. The molecule has 1 saturated heterocycles. The predicted molar refractivity (Wildman–Crippen MR) is 102 cm³/mol. The summed E-state index contributed by atoms with van der Waals surface area (Å²) in [4.78, 5) is 14.4. The highest BCUT2D eigenvalue weighted by Crippen LogP contribution is 2.36. The number of anilines is 1. The van der Waals surface area contributed by atoms with E-state index in [1.54, 1.807) is 42.5 Å². The molecule has 1 heterocycles. The second-order valence-corrected chi connectivity index (χ2v) is 6.66. The van der Waals surface area contributed by atoms with Crippen molar-refractivity contribution >= 4 is 46.2 Å². The summed E-state index contributed by atoms with van der Waals surface area (Å²) in [6.45, 7) is 2.25. The maximum absolute atomic E-state index is 12.7. The molecule has 3 rings (SSSR count). The summed E-state index contributed by atoms with van der Waals surface area (Å²) in [6, 6.07) is 11.6. The zero-order valence-corrected chi connectivity index (χ0v) is 14.9. The van der Waals surface area contributed by atoms with Gasteiger partial charge in [0.05, 0.1) is 17.2 Å². The third kappa shape index (κ3) is 3.65. The fourth-order valence-corrected chi connectivity index (χ4v) is 3.34. The van der Waals surface area contributed by atoms with Crippen molar-refractivity contribution in [3.05, 3.63) is 58.0 Å². The molecule has 0 bridgehead atoms. The van der Waals surface area contributed by atoms with Gasteiger partial charge in [0.25, 0.3) is 5.91 Å². The number of ether oxygens (including phenoxy) is 1. The van der Waals surface area contributed by atoms with E-state index < -0.39 is 0 Å². The van der Waals surface area contributed by atoms with Crippen LogP contribution >= 0.6 is 23.4 Å². The molecule has 0 spiro atoms. The highest BCUT2D eigenvalue weighted by molar-refractivity contribution is 8.19. The number of phenols is 1. The van der Waals surface area contributed by atoms with Crippen molar-refractivity contribution < 1.29 is 14.6 Å². The molecular weight excluding hydrogens is 360 g/mol. The SMILES string of the molecule is CCOc1cc(/C=C2\SC(=N)N(c3ccc(Cl)cc3)C2=O)ccc1O. The Kier molecular flexibility index (Phi) is 5.01. The Labute approximate surface area is 154 Å². The molecule has 1 fully saturated rings. The zero-order chi connectivity index (χ0) is 18.0. The number of nitrogens with one attached hydrogen (secondary N) is 1. The Morgan fingerprint density at radius 3 is 2.68 bits per heavy atom. The lowest BCUT2D eigenvalue weighted by Gasteiger charge is -2.14. The van der Waals surface area contributed by atoms with Crippen molar-refractivity contribution in [3.63, 3.8) is 0 Å². The lowest BCUT2D eigenvalue weighted by molar-refractivity contribution is -0.113. The molecular formula is C18H15ClN2O3S. The number of benzene rings is 2. The number of carbonyl (C=O) groups is 1.